The molecule has 0 amide bonds. The number of fused-ring (bicyclic) bond motifs is 1. The predicted octanol–water partition coefficient (Wildman–Crippen LogP) is 3.39. The van der Waals surface area contributed by atoms with E-state index in [1.165, 1.54) is 0 Å². The molecule has 0 bridgehead atoms. The molecule has 0 unspecified atom stereocenters. The van der Waals surface area contributed by atoms with Crippen molar-refractivity contribution in [2.45, 2.75) is 32.4 Å². The SMILES string of the molecule is C=CCn1c(=O)c2cnc(Nc3cc(C)ccc3OC)nc2n1-c1cccc(NC2CCNCC2)n1. The number of benzene rings is 1. The van der Waals surface area contributed by atoms with Gasteiger partial charge in [0.05, 0.1) is 19.3 Å². The zero-order valence-corrected chi connectivity index (χ0v) is 20.5. The van der Waals surface area contributed by atoms with E-state index in [9.17, 15) is 4.79 Å². The highest BCUT2D eigenvalue weighted by molar-refractivity contribution is 5.77. The summed E-state index contributed by atoms with van der Waals surface area (Å²) in [5.41, 5.74) is 2.05. The van der Waals surface area contributed by atoms with Crippen LogP contribution in [-0.4, -0.2) is 50.6 Å². The van der Waals surface area contributed by atoms with Gasteiger partial charge in [-0.05, 0) is 62.7 Å². The van der Waals surface area contributed by atoms with E-state index in [4.69, 9.17) is 14.7 Å². The molecule has 0 saturated carbocycles. The quantitative estimate of drug-likeness (QED) is 0.325. The average molecular weight is 487 g/mol. The number of aryl methyl sites for hydroxylation is 1. The minimum atomic E-state index is -0.205. The highest BCUT2D eigenvalue weighted by Gasteiger charge is 2.19. The molecule has 10 heteroatoms. The molecule has 1 aliphatic rings. The predicted molar refractivity (Wildman–Crippen MR) is 142 cm³/mol. The topological polar surface area (TPSA) is 111 Å². The Kier molecular flexibility index (Phi) is 6.68. The molecular formula is C26H30N8O2. The van der Waals surface area contributed by atoms with Crippen molar-refractivity contribution in [1.29, 1.82) is 0 Å². The molecule has 36 heavy (non-hydrogen) atoms. The summed E-state index contributed by atoms with van der Waals surface area (Å²) in [4.78, 5) is 27.2. The Morgan fingerprint density at radius 1 is 1.22 bits per heavy atom. The van der Waals surface area contributed by atoms with E-state index in [-0.39, 0.29) is 5.56 Å². The summed E-state index contributed by atoms with van der Waals surface area (Å²) < 4.78 is 8.77. The van der Waals surface area contributed by atoms with E-state index in [0.29, 0.717) is 41.1 Å². The number of pyridine rings is 1. The highest BCUT2D eigenvalue weighted by atomic mass is 16.5. The molecule has 3 N–H and O–H groups in total. The second-order valence-corrected chi connectivity index (χ2v) is 8.80. The number of aromatic nitrogens is 5. The van der Waals surface area contributed by atoms with Crippen LogP contribution in [0.4, 0.5) is 17.5 Å². The van der Waals surface area contributed by atoms with E-state index in [1.54, 1.807) is 28.7 Å². The number of hydrogen-bond donors (Lipinski definition) is 3. The molecule has 0 radical (unpaired) electrons. The van der Waals surface area contributed by atoms with Crippen molar-refractivity contribution in [3.05, 3.63) is 71.2 Å². The Morgan fingerprint density at radius 3 is 2.83 bits per heavy atom. The first-order valence-electron chi connectivity index (χ1n) is 12.0. The Balaban J connectivity index is 1.58. The lowest BCUT2D eigenvalue weighted by Crippen LogP contribution is -2.35. The van der Waals surface area contributed by atoms with Gasteiger partial charge in [0.1, 0.15) is 17.0 Å². The van der Waals surface area contributed by atoms with Crippen LogP contribution in [0.5, 0.6) is 5.75 Å². The average Bonchev–Trinajstić information content (AvgIpc) is 3.16. The number of piperidine rings is 1. The van der Waals surface area contributed by atoms with Gasteiger partial charge in [0.2, 0.25) is 5.95 Å². The third kappa shape index (κ3) is 4.67. The lowest BCUT2D eigenvalue weighted by molar-refractivity contribution is 0.416. The summed E-state index contributed by atoms with van der Waals surface area (Å²) in [5.74, 6) is 2.36. The van der Waals surface area contributed by atoms with Gasteiger partial charge in [-0.1, -0.05) is 18.2 Å². The first kappa shape index (κ1) is 23.6. The van der Waals surface area contributed by atoms with Crippen molar-refractivity contribution in [3.63, 3.8) is 0 Å². The van der Waals surface area contributed by atoms with Gasteiger partial charge in [-0.2, -0.15) is 4.98 Å². The summed E-state index contributed by atoms with van der Waals surface area (Å²) in [5, 5.41) is 10.5. The summed E-state index contributed by atoms with van der Waals surface area (Å²) in [6.07, 6.45) is 5.29. The normalized spacial score (nSPS) is 14.1. The van der Waals surface area contributed by atoms with Crippen molar-refractivity contribution < 1.29 is 4.74 Å². The van der Waals surface area contributed by atoms with Gasteiger partial charge in [-0.15, -0.1) is 6.58 Å². The fraction of sp³-hybridized carbons (Fsp3) is 0.308. The van der Waals surface area contributed by atoms with Crippen LogP contribution in [0.25, 0.3) is 16.9 Å². The molecule has 5 rings (SSSR count). The zero-order chi connectivity index (χ0) is 25.1. The number of rotatable bonds is 8. The van der Waals surface area contributed by atoms with Gasteiger partial charge in [0, 0.05) is 12.2 Å². The van der Waals surface area contributed by atoms with Gasteiger partial charge in [0.15, 0.2) is 11.5 Å². The molecule has 3 aromatic heterocycles. The largest absolute Gasteiger partial charge is 0.495 e. The minimum Gasteiger partial charge on any atom is -0.495 e. The number of anilines is 3. The van der Waals surface area contributed by atoms with Crippen LogP contribution >= 0.6 is 0 Å². The van der Waals surface area contributed by atoms with Gasteiger partial charge in [-0.3, -0.25) is 4.79 Å². The number of allylic oxidation sites excluding steroid dienone is 1. The van der Waals surface area contributed by atoms with Crippen molar-refractivity contribution in [2.75, 3.05) is 30.8 Å². The number of ether oxygens (including phenoxy) is 1. The standard InChI is InChI=1S/C26H30N8O2/c1-4-14-33-25(35)19-16-28-26(30-20-15-17(2)8-9-21(20)36-3)32-24(19)34(33)23-7-5-6-22(31-23)29-18-10-12-27-13-11-18/h4-9,15-16,18,27H,1,10-14H2,2-3H3,(H,29,31)(H,28,30,32). The monoisotopic (exact) mass is 486 g/mol. The molecule has 10 nitrogen and oxygen atoms in total. The first-order valence-corrected chi connectivity index (χ1v) is 12.0. The van der Waals surface area contributed by atoms with E-state index >= 15 is 0 Å². The number of nitrogens with zero attached hydrogens (tertiary/aromatic N) is 5. The molecule has 0 spiro atoms. The molecule has 1 aromatic carbocycles. The van der Waals surface area contributed by atoms with Gasteiger partial charge < -0.3 is 20.7 Å². The Labute approximate surface area is 209 Å². The maximum absolute atomic E-state index is 13.3. The second-order valence-electron chi connectivity index (χ2n) is 8.80. The highest BCUT2D eigenvalue weighted by Crippen LogP contribution is 2.28. The van der Waals surface area contributed by atoms with Crippen molar-refractivity contribution in [2.24, 2.45) is 0 Å². The molecule has 1 fully saturated rings. The van der Waals surface area contributed by atoms with Crippen LogP contribution in [0.3, 0.4) is 0 Å². The molecule has 4 aromatic rings. The van der Waals surface area contributed by atoms with E-state index < -0.39 is 0 Å². The lowest BCUT2D eigenvalue weighted by atomic mass is 10.1. The fourth-order valence-electron chi connectivity index (χ4n) is 4.45. The van der Waals surface area contributed by atoms with Gasteiger partial charge in [0.25, 0.3) is 5.56 Å². The molecule has 0 aliphatic carbocycles. The lowest BCUT2D eigenvalue weighted by Gasteiger charge is -2.24. The van der Waals surface area contributed by atoms with Gasteiger partial charge >= 0.3 is 0 Å². The van der Waals surface area contributed by atoms with Crippen molar-refractivity contribution in [1.82, 2.24) is 29.6 Å². The number of nitrogens with one attached hydrogen (secondary N) is 3. The van der Waals surface area contributed by atoms with Crippen molar-refractivity contribution in [3.8, 4) is 11.6 Å². The second kappa shape index (κ2) is 10.2. The Hall–Kier alpha value is -4.18. The number of hydrogen-bond acceptors (Lipinski definition) is 8. The first-order chi connectivity index (χ1) is 17.6. The van der Waals surface area contributed by atoms with E-state index in [2.05, 4.69) is 27.5 Å². The summed E-state index contributed by atoms with van der Waals surface area (Å²) in [6.45, 7) is 8.09. The molecule has 1 saturated heterocycles. The van der Waals surface area contributed by atoms with Crippen molar-refractivity contribution >= 4 is 28.5 Å². The smallest absolute Gasteiger partial charge is 0.278 e. The van der Waals surface area contributed by atoms with Crippen LogP contribution in [0.15, 0.2) is 60.0 Å². The third-order valence-corrected chi connectivity index (χ3v) is 6.22. The maximum atomic E-state index is 13.3. The summed E-state index contributed by atoms with van der Waals surface area (Å²) in [7, 11) is 1.61. The van der Waals surface area contributed by atoms with Crippen LogP contribution in [0.1, 0.15) is 18.4 Å². The minimum absolute atomic E-state index is 0.205. The fourth-order valence-corrected chi connectivity index (χ4v) is 4.45. The molecule has 1 aliphatic heterocycles. The van der Waals surface area contributed by atoms with Crippen LogP contribution in [0.2, 0.25) is 0 Å². The van der Waals surface area contributed by atoms with Gasteiger partial charge in [-0.25, -0.2) is 19.3 Å². The van der Waals surface area contributed by atoms with Crippen LogP contribution in [-0.2, 0) is 6.54 Å². The van der Waals surface area contributed by atoms with E-state index in [0.717, 1.165) is 43.0 Å². The summed E-state index contributed by atoms with van der Waals surface area (Å²) >= 11 is 0. The summed E-state index contributed by atoms with van der Waals surface area (Å²) in [6, 6.07) is 11.9. The molecular weight excluding hydrogens is 456 g/mol. The van der Waals surface area contributed by atoms with Crippen LogP contribution < -0.4 is 26.2 Å². The maximum Gasteiger partial charge on any atom is 0.278 e. The molecule has 0 atom stereocenters. The Bertz CT molecular complexity index is 1450. The zero-order valence-electron chi connectivity index (χ0n) is 20.5. The number of methoxy groups -OCH3 is 1. The third-order valence-electron chi connectivity index (χ3n) is 6.22. The van der Waals surface area contributed by atoms with E-state index in [1.807, 2.05) is 43.3 Å². The Morgan fingerprint density at radius 2 is 2.06 bits per heavy atom. The molecule has 4 heterocycles. The van der Waals surface area contributed by atoms with Crippen LogP contribution in [0, 0.1) is 6.92 Å². The molecule has 186 valence electrons.